The first kappa shape index (κ1) is 9.66. The molecule has 0 aliphatic carbocycles. The first-order valence-corrected chi connectivity index (χ1v) is 3.76. The van der Waals surface area contributed by atoms with Gasteiger partial charge in [-0.15, -0.1) is 0 Å². The van der Waals surface area contributed by atoms with Gasteiger partial charge in [0.2, 0.25) is 11.8 Å². The molecule has 6 nitrogen and oxygen atoms in total. The van der Waals surface area contributed by atoms with Crippen molar-refractivity contribution in [2.75, 3.05) is 13.6 Å². The summed E-state index contributed by atoms with van der Waals surface area (Å²) < 4.78 is 0. The number of hydrogen-bond donors (Lipinski definition) is 2. The summed E-state index contributed by atoms with van der Waals surface area (Å²) in [4.78, 5) is 33.4. The van der Waals surface area contributed by atoms with Crippen LogP contribution in [0.3, 0.4) is 0 Å². The molecular formula is C7H10N2O4. The van der Waals surface area contributed by atoms with Crippen LogP contribution in [0.15, 0.2) is 0 Å². The number of carbonyl (C=O) groups excluding carboxylic acids is 2. The van der Waals surface area contributed by atoms with E-state index in [-0.39, 0.29) is 18.9 Å². The highest BCUT2D eigenvalue weighted by Crippen LogP contribution is 2.08. The van der Waals surface area contributed by atoms with Crippen LogP contribution >= 0.6 is 0 Å². The van der Waals surface area contributed by atoms with Crippen LogP contribution in [0, 0.1) is 0 Å². The monoisotopic (exact) mass is 186 g/mol. The Balaban J connectivity index is 2.56. The molecule has 1 saturated heterocycles. The first-order chi connectivity index (χ1) is 6.00. The zero-order chi connectivity index (χ0) is 10.0. The molecule has 2 N–H and O–H groups in total. The van der Waals surface area contributed by atoms with Crippen LogP contribution in [-0.4, -0.2) is 47.4 Å². The number of rotatable bonds is 3. The third kappa shape index (κ3) is 2.25. The van der Waals surface area contributed by atoms with Crippen LogP contribution in [0.4, 0.5) is 0 Å². The molecule has 2 amide bonds. The highest BCUT2D eigenvalue weighted by atomic mass is 16.4. The molecule has 0 saturated carbocycles. The lowest BCUT2D eigenvalue weighted by Gasteiger charge is -2.18. The Morgan fingerprint density at radius 1 is 1.69 bits per heavy atom. The Morgan fingerprint density at radius 3 is 2.69 bits per heavy atom. The summed E-state index contributed by atoms with van der Waals surface area (Å²) in [7, 11) is 1.50. The molecule has 6 heteroatoms. The number of imide groups is 1. The van der Waals surface area contributed by atoms with Gasteiger partial charge in [-0.3, -0.25) is 24.6 Å². The predicted octanol–water partition coefficient (Wildman–Crippen LogP) is -1.58. The van der Waals surface area contributed by atoms with E-state index >= 15 is 0 Å². The second kappa shape index (κ2) is 3.53. The molecule has 0 aromatic heterocycles. The van der Waals surface area contributed by atoms with Gasteiger partial charge in [-0.1, -0.05) is 0 Å². The highest BCUT2D eigenvalue weighted by Gasteiger charge is 2.34. The van der Waals surface area contributed by atoms with Crippen molar-refractivity contribution in [3.63, 3.8) is 0 Å². The molecule has 1 aliphatic rings. The van der Waals surface area contributed by atoms with Gasteiger partial charge in [0.05, 0.1) is 19.0 Å². The zero-order valence-corrected chi connectivity index (χ0v) is 7.11. The van der Waals surface area contributed by atoms with Crippen LogP contribution in [0.2, 0.25) is 0 Å². The Bertz CT molecular complexity index is 263. The summed E-state index contributed by atoms with van der Waals surface area (Å²) in [5, 5.41) is 10.5. The maximum Gasteiger partial charge on any atom is 0.317 e. The smallest absolute Gasteiger partial charge is 0.317 e. The van der Waals surface area contributed by atoms with Gasteiger partial charge < -0.3 is 5.11 Å². The third-order valence-electron chi connectivity index (χ3n) is 1.86. The van der Waals surface area contributed by atoms with Crippen molar-refractivity contribution in [1.29, 1.82) is 0 Å². The number of aliphatic carboxylic acids is 1. The molecule has 1 atom stereocenters. The molecule has 0 radical (unpaired) electrons. The third-order valence-corrected chi connectivity index (χ3v) is 1.86. The molecule has 0 spiro atoms. The Labute approximate surface area is 74.5 Å². The number of carbonyl (C=O) groups is 3. The summed E-state index contributed by atoms with van der Waals surface area (Å²) in [6, 6.07) is -0.636. The van der Waals surface area contributed by atoms with E-state index in [2.05, 4.69) is 5.32 Å². The SMILES string of the molecule is CN(CC(=O)O)[C@@H]1CC(=O)NC1=O. The van der Waals surface area contributed by atoms with Gasteiger partial charge in [-0.05, 0) is 7.05 Å². The minimum atomic E-state index is -1.02. The molecule has 1 fully saturated rings. The Morgan fingerprint density at radius 2 is 2.31 bits per heavy atom. The standard InChI is InChI=1S/C7H10N2O4/c1-9(3-6(11)12)4-2-5(10)8-7(4)13/h4H,2-3H2,1H3,(H,11,12)(H,8,10,13)/t4-/m1/s1. The van der Waals surface area contributed by atoms with Gasteiger partial charge in [0.15, 0.2) is 0 Å². The number of likely N-dealkylation sites (N-methyl/N-ethyl adjacent to an activating group) is 1. The summed E-state index contributed by atoms with van der Waals surface area (Å²) in [5.74, 6) is -1.80. The Hall–Kier alpha value is -1.43. The number of amides is 2. The molecule has 0 aromatic carbocycles. The minimum Gasteiger partial charge on any atom is -0.480 e. The van der Waals surface area contributed by atoms with Crippen molar-refractivity contribution in [3.8, 4) is 0 Å². The molecule has 13 heavy (non-hydrogen) atoms. The Kier molecular flexibility index (Phi) is 2.62. The van der Waals surface area contributed by atoms with Gasteiger partial charge in [0, 0.05) is 0 Å². The van der Waals surface area contributed by atoms with E-state index in [1.54, 1.807) is 0 Å². The lowest BCUT2D eigenvalue weighted by molar-refractivity contribution is -0.139. The van der Waals surface area contributed by atoms with Crippen molar-refractivity contribution < 1.29 is 19.5 Å². The molecule has 1 heterocycles. The van der Waals surface area contributed by atoms with Crippen LogP contribution < -0.4 is 5.32 Å². The van der Waals surface area contributed by atoms with Gasteiger partial charge in [-0.25, -0.2) is 0 Å². The first-order valence-electron chi connectivity index (χ1n) is 3.76. The number of nitrogens with zero attached hydrogens (tertiary/aromatic N) is 1. The van der Waals surface area contributed by atoms with Gasteiger partial charge in [0.25, 0.3) is 0 Å². The second-order valence-corrected chi connectivity index (χ2v) is 2.94. The van der Waals surface area contributed by atoms with E-state index in [1.165, 1.54) is 11.9 Å². The fraction of sp³-hybridized carbons (Fsp3) is 0.571. The predicted molar refractivity (Wildman–Crippen MR) is 41.8 cm³/mol. The van der Waals surface area contributed by atoms with Gasteiger partial charge >= 0.3 is 5.97 Å². The van der Waals surface area contributed by atoms with Crippen LogP contribution in [0.1, 0.15) is 6.42 Å². The molecule has 0 aromatic rings. The highest BCUT2D eigenvalue weighted by molar-refractivity contribution is 6.05. The quantitative estimate of drug-likeness (QED) is 0.519. The number of carboxylic acid groups (broad SMARTS) is 1. The maximum absolute atomic E-state index is 11.0. The number of carboxylic acids is 1. The summed E-state index contributed by atoms with van der Waals surface area (Å²) in [5.41, 5.74) is 0. The molecule has 1 rings (SSSR count). The molecule has 0 unspecified atom stereocenters. The lowest BCUT2D eigenvalue weighted by Crippen LogP contribution is -2.40. The van der Waals surface area contributed by atoms with E-state index in [4.69, 9.17) is 5.11 Å². The zero-order valence-electron chi connectivity index (χ0n) is 7.11. The fourth-order valence-corrected chi connectivity index (χ4v) is 1.22. The van der Waals surface area contributed by atoms with Crippen molar-refractivity contribution in [2.24, 2.45) is 0 Å². The second-order valence-electron chi connectivity index (χ2n) is 2.94. The summed E-state index contributed by atoms with van der Waals surface area (Å²) in [6.45, 7) is -0.245. The van der Waals surface area contributed by atoms with Crippen molar-refractivity contribution in [2.45, 2.75) is 12.5 Å². The van der Waals surface area contributed by atoms with E-state index in [0.717, 1.165) is 0 Å². The van der Waals surface area contributed by atoms with Crippen LogP contribution in [0.5, 0.6) is 0 Å². The summed E-state index contributed by atoms with van der Waals surface area (Å²) >= 11 is 0. The molecule has 72 valence electrons. The van der Waals surface area contributed by atoms with Crippen molar-refractivity contribution >= 4 is 17.8 Å². The maximum atomic E-state index is 11.0. The topological polar surface area (TPSA) is 86.7 Å². The van der Waals surface area contributed by atoms with Gasteiger partial charge in [-0.2, -0.15) is 0 Å². The average molecular weight is 186 g/mol. The minimum absolute atomic E-state index is 0.0443. The van der Waals surface area contributed by atoms with E-state index in [9.17, 15) is 14.4 Å². The van der Waals surface area contributed by atoms with E-state index < -0.39 is 17.9 Å². The molecule has 0 bridgehead atoms. The average Bonchev–Trinajstić information content (AvgIpc) is 2.28. The van der Waals surface area contributed by atoms with Crippen molar-refractivity contribution in [3.05, 3.63) is 0 Å². The fourth-order valence-electron chi connectivity index (χ4n) is 1.22. The normalized spacial score (nSPS) is 22.2. The van der Waals surface area contributed by atoms with Crippen LogP contribution in [-0.2, 0) is 14.4 Å². The van der Waals surface area contributed by atoms with Gasteiger partial charge in [0.1, 0.15) is 0 Å². The largest absolute Gasteiger partial charge is 0.480 e. The van der Waals surface area contributed by atoms with E-state index in [0.29, 0.717) is 0 Å². The van der Waals surface area contributed by atoms with Crippen molar-refractivity contribution in [1.82, 2.24) is 10.2 Å². The molecular weight excluding hydrogens is 176 g/mol. The summed E-state index contributed by atoms with van der Waals surface area (Å²) in [6.07, 6.45) is 0.0443. The number of hydrogen-bond acceptors (Lipinski definition) is 4. The lowest BCUT2D eigenvalue weighted by atomic mass is 10.2. The van der Waals surface area contributed by atoms with Crippen LogP contribution in [0.25, 0.3) is 0 Å². The number of nitrogens with one attached hydrogen (secondary N) is 1. The van der Waals surface area contributed by atoms with E-state index in [1.807, 2.05) is 0 Å². The molecule has 1 aliphatic heterocycles.